The van der Waals surface area contributed by atoms with Crippen molar-refractivity contribution in [1.29, 1.82) is 0 Å². The van der Waals surface area contributed by atoms with E-state index >= 15 is 0 Å². The largest absolute Gasteiger partial charge is 0.203 e. The predicted octanol–water partition coefficient (Wildman–Crippen LogP) is 5.81. The van der Waals surface area contributed by atoms with Crippen LogP contribution in [0.15, 0.2) is 0 Å². The van der Waals surface area contributed by atoms with Crippen LogP contribution in [0.5, 0.6) is 0 Å². The highest BCUT2D eigenvalue weighted by atomic mass is 19.2. The molecule has 0 amide bonds. The number of halogens is 4. The molecule has 0 aromatic heterocycles. The number of benzene rings is 1. The van der Waals surface area contributed by atoms with Crippen molar-refractivity contribution in [1.82, 2.24) is 0 Å². The first-order chi connectivity index (χ1) is 9.10. The smallest absolute Gasteiger partial charge is 0.165 e. The van der Waals surface area contributed by atoms with Crippen molar-refractivity contribution in [2.45, 2.75) is 60.8 Å². The van der Waals surface area contributed by atoms with Crippen LogP contribution in [0.1, 0.15) is 59.1 Å². The summed E-state index contributed by atoms with van der Waals surface area (Å²) in [5.74, 6) is -5.08. The molecule has 0 saturated carbocycles. The van der Waals surface area contributed by atoms with Crippen molar-refractivity contribution >= 4 is 0 Å². The van der Waals surface area contributed by atoms with Gasteiger partial charge in [-0.3, -0.25) is 0 Å². The summed E-state index contributed by atoms with van der Waals surface area (Å²) in [7, 11) is 0. The highest BCUT2D eigenvalue weighted by Gasteiger charge is 2.26. The molecule has 0 nitrogen and oxygen atoms in total. The van der Waals surface area contributed by atoms with Gasteiger partial charge in [-0.05, 0) is 18.3 Å². The van der Waals surface area contributed by atoms with Crippen molar-refractivity contribution in [3.63, 3.8) is 0 Å². The summed E-state index contributed by atoms with van der Waals surface area (Å²) in [4.78, 5) is 0. The monoisotopic (exact) mass is 292 g/mol. The summed E-state index contributed by atoms with van der Waals surface area (Å²) in [5.41, 5.74) is -1.49. The van der Waals surface area contributed by atoms with Crippen LogP contribution in [-0.2, 0) is 12.8 Å². The molecule has 0 aliphatic heterocycles. The molecule has 0 aliphatic carbocycles. The van der Waals surface area contributed by atoms with Gasteiger partial charge in [-0.15, -0.1) is 0 Å². The minimum absolute atomic E-state index is 0.0531. The summed E-state index contributed by atoms with van der Waals surface area (Å²) >= 11 is 0. The van der Waals surface area contributed by atoms with Crippen LogP contribution in [0.3, 0.4) is 0 Å². The highest BCUT2D eigenvalue weighted by Crippen LogP contribution is 2.29. The van der Waals surface area contributed by atoms with Gasteiger partial charge in [-0.25, -0.2) is 17.6 Å². The first-order valence-corrected chi connectivity index (χ1v) is 6.94. The summed E-state index contributed by atoms with van der Waals surface area (Å²) in [6, 6.07) is 0. The number of hydrogen-bond acceptors (Lipinski definition) is 0. The van der Waals surface area contributed by atoms with Gasteiger partial charge >= 0.3 is 0 Å². The predicted molar refractivity (Wildman–Crippen MR) is 74.8 cm³/mol. The molecule has 20 heavy (non-hydrogen) atoms. The van der Waals surface area contributed by atoms with Gasteiger partial charge in [0.2, 0.25) is 0 Å². The molecule has 116 valence electrons. The van der Waals surface area contributed by atoms with Crippen molar-refractivity contribution < 1.29 is 17.6 Å². The lowest BCUT2D eigenvalue weighted by molar-refractivity contribution is 0.368. The summed E-state index contributed by atoms with van der Waals surface area (Å²) in [6.07, 6.45) is 1.11. The van der Waals surface area contributed by atoms with Gasteiger partial charge < -0.3 is 0 Å². The quantitative estimate of drug-likeness (QED) is 0.476. The molecule has 0 bridgehead atoms. The molecular weight excluding hydrogens is 268 g/mol. The standard InChI is InChI=1S/C13H16F4.C3H8/c1-5-7-9(14)11(16)8(6-13(2,3)4)12(17)10(7)15;1-3-2/h5-6H2,1-4H3;3H2,1-2H3. The molecule has 1 aromatic rings. The Morgan fingerprint density at radius 3 is 1.25 bits per heavy atom. The molecule has 0 aliphatic rings. The first kappa shape index (κ1) is 18.9. The Hall–Kier alpha value is -1.06. The zero-order valence-electron chi connectivity index (χ0n) is 13.1. The Bertz CT molecular complexity index is 416. The topological polar surface area (TPSA) is 0 Å². The van der Waals surface area contributed by atoms with Crippen LogP contribution in [0.25, 0.3) is 0 Å². The van der Waals surface area contributed by atoms with Crippen LogP contribution >= 0.6 is 0 Å². The van der Waals surface area contributed by atoms with Gasteiger partial charge in [0.1, 0.15) is 0 Å². The third kappa shape index (κ3) is 4.80. The molecular formula is C16H24F4. The average molecular weight is 292 g/mol. The third-order valence-electron chi connectivity index (χ3n) is 2.51. The van der Waals surface area contributed by atoms with Crippen LogP contribution < -0.4 is 0 Å². The molecule has 0 saturated heterocycles. The molecule has 0 heterocycles. The Morgan fingerprint density at radius 1 is 0.700 bits per heavy atom. The fraction of sp³-hybridized carbons (Fsp3) is 0.625. The summed E-state index contributed by atoms with van der Waals surface area (Å²) in [6.45, 7) is 10.9. The van der Waals surface area contributed by atoms with Crippen LogP contribution in [0.2, 0.25) is 0 Å². The van der Waals surface area contributed by atoms with Crippen molar-refractivity contribution in [3.05, 3.63) is 34.4 Å². The van der Waals surface area contributed by atoms with E-state index in [1.807, 2.05) is 0 Å². The van der Waals surface area contributed by atoms with Crippen molar-refractivity contribution in [2.75, 3.05) is 0 Å². The molecule has 0 radical (unpaired) electrons. The fourth-order valence-corrected chi connectivity index (χ4v) is 1.72. The number of rotatable bonds is 2. The van der Waals surface area contributed by atoms with E-state index in [9.17, 15) is 17.6 Å². The maximum absolute atomic E-state index is 13.6. The Kier molecular flexibility index (Phi) is 7.25. The average Bonchev–Trinajstić information content (AvgIpc) is 2.33. The third-order valence-corrected chi connectivity index (χ3v) is 2.51. The lowest BCUT2D eigenvalue weighted by Gasteiger charge is -2.20. The fourth-order valence-electron chi connectivity index (χ4n) is 1.72. The van der Waals surface area contributed by atoms with E-state index in [1.54, 1.807) is 20.8 Å². The van der Waals surface area contributed by atoms with E-state index in [1.165, 1.54) is 13.3 Å². The van der Waals surface area contributed by atoms with Gasteiger partial charge in [0.05, 0.1) is 0 Å². The van der Waals surface area contributed by atoms with Crippen molar-refractivity contribution in [3.8, 4) is 0 Å². The molecule has 0 spiro atoms. The zero-order valence-corrected chi connectivity index (χ0v) is 13.1. The van der Waals surface area contributed by atoms with E-state index in [-0.39, 0.29) is 12.8 Å². The maximum Gasteiger partial charge on any atom is 0.165 e. The van der Waals surface area contributed by atoms with Gasteiger partial charge in [0.15, 0.2) is 23.3 Å². The van der Waals surface area contributed by atoms with Crippen LogP contribution in [0, 0.1) is 28.7 Å². The van der Waals surface area contributed by atoms with Gasteiger partial charge in [0.25, 0.3) is 0 Å². The minimum atomic E-state index is -1.27. The Labute approximate surface area is 119 Å². The van der Waals surface area contributed by atoms with Crippen LogP contribution in [0.4, 0.5) is 17.6 Å². The Balaban J connectivity index is 0.00000110. The SMILES string of the molecule is CCC.CCc1c(F)c(F)c(CC(C)(C)C)c(F)c1F. The lowest BCUT2D eigenvalue weighted by atomic mass is 9.87. The second-order valence-corrected chi connectivity index (χ2v) is 6.01. The second-order valence-electron chi connectivity index (χ2n) is 6.01. The second kappa shape index (κ2) is 7.65. The maximum atomic E-state index is 13.6. The van der Waals surface area contributed by atoms with Crippen LogP contribution in [-0.4, -0.2) is 0 Å². The zero-order chi connectivity index (χ0) is 16.1. The van der Waals surface area contributed by atoms with E-state index in [2.05, 4.69) is 13.8 Å². The molecule has 1 aromatic carbocycles. The molecule has 0 N–H and O–H groups in total. The molecule has 1 rings (SSSR count). The highest BCUT2D eigenvalue weighted by molar-refractivity contribution is 5.30. The summed E-state index contributed by atoms with van der Waals surface area (Å²) < 4.78 is 54.3. The van der Waals surface area contributed by atoms with Crippen molar-refractivity contribution in [2.24, 2.45) is 5.41 Å². The van der Waals surface area contributed by atoms with E-state index in [0.717, 1.165) is 0 Å². The normalized spacial score (nSPS) is 11.1. The molecule has 4 heteroatoms. The van der Waals surface area contributed by atoms with Gasteiger partial charge in [-0.1, -0.05) is 48.0 Å². The first-order valence-electron chi connectivity index (χ1n) is 6.94. The number of hydrogen-bond donors (Lipinski definition) is 0. The summed E-state index contributed by atoms with van der Waals surface area (Å²) in [5, 5.41) is 0. The van der Waals surface area contributed by atoms with Gasteiger partial charge in [0, 0.05) is 11.1 Å². The molecule has 0 atom stereocenters. The van der Waals surface area contributed by atoms with Gasteiger partial charge in [-0.2, -0.15) is 0 Å². The molecule has 0 fully saturated rings. The Morgan fingerprint density at radius 2 is 1.00 bits per heavy atom. The van der Waals surface area contributed by atoms with E-state index < -0.39 is 39.8 Å². The molecule has 0 unspecified atom stereocenters. The van der Waals surface area contributed by atoms with E-state index in [4.69, 9.17) is 0 Å². The minimum Gasteiger partial charge on any atom is -0.203 e. The lowest BCUT2D eigenvalue weighted by Crippen LogP contribution is -2.16. The van der Waals surface area contributed by atoms with E-state index in [0.29, 0.717) is 0 Å².